The number of hydrogen-bond donors (Lipinski definition) is 1. The van der Waals surface area contributed by atoms with E-state index in [0.29, 0.717) is 25.4 Å². The SMILES string of the molecule is COc1ccc(S(=O)(=O)N2CCCC2)cc1C(=O)NCc1ccc(N2CCCC2)cc1. The third-order valence-corrected chi connectivity index (χ3v) is 7.87. The minimum Gasteiger partial charge on any atom is -0.496 e. The van der Waals surface area contributed by atoms with Gasteiger partial charge in [-0.05, 0) is 61.6 Å². The van der Waals surface area contributed by atoms with E-state index < -0.39 is 10.0 Å². The summed E-state index contributed by atoms with van der Waals surface area (Å²) in [7, 11) is -2.14. The highest BCUT2D eigenvalue weighted by molar-refractivity contribution is 7.89. The first-order valence-electron chi connectivity index (χ1n) is 10.8. The minimum atomic E-state index is -3.61. The van der Waals surface area contributed by atoms with Crippen LogP contribution in [0.15, 0.2) is 47.4 Å². The van der Waals surface area contributed by atoms with Gasteiger partial charge in [-0.25, -0.2) is 8.42 Å². The van der Waals surface area contributed by atoms with Crippen LogP contribution in [-0.2, 0) is 16.6 Å². The summed E-state index contributed by atoms with van der Waals surface area (Å²) in [6, 6.07) is 12.6. The van der Waals surface area contributed by atoms with Crippen LogP contribution in [-0.4, -0.2) is 51.9 Å². The molecule has 2 aromatic carbocycles. The molecule has 7 nitrogen and oxygen atoms in total. The van der Waals surface area contributed by atoms with Crippen LogP contribution in [0.5, 0.6) is 5.75 Å². The van der Waals surface area contributed by atoms with E-state index in [2.05, 4.69) is 22.3 Å². The number of benzene rings is 2. The summed E-state index contributed by atoms with van der Waals surface area (Å²) in [5, 5.41) is 2.89. The fourth-order valence-electron chi connectivity index (χ4n) is 4.18. The van der Waals surface area contributed by atoms with Gasteiger partial charge in [0.2, 0.25) is 10.0 Å². The highest BCUT2D eigenvalue weighted by Gasteiger charge is 2.28. The molecule has 2 saturated heterocycles. The van der Waals surface area contributed by atoms with Crippen LogP contribution in [0.3, 0.4) is 0 Å². The normalized spacial score (nSPS) is 17.1. The molecule has 2 heterocycles. The van der Waals surface area contributed by atoms with E-state index in [1.807, 2.05) is 12.1 Å². The van der Waals surface area contributed by atoms with E-state index in [4.69, 9.17) is 4.74 Å². The Morgan fingerprint density at radius 2 is 1.61 bits per heavy atom. The lowest BCUT2D eigenvalue weighted by Gasteiger charge is -2.18. The average Bonchev–Trinajstić information content (AvgIpc) is 3.52. The van der Waals surface area contributed by atoms with Crippen molar-refractivity contribution in [3.8, 4) is 5.75 Å². The van der Waals surface area contributed by atoms with Crippen LogP contribution >= 0.6 is 0 Å². The van der Waals surface area contributed by atoms with Gasteiger partial charge in [0.1, 0.15) is 5.75 Å². The standard InChI is InChI=1S/C23H29N3O4S/c1-30-22-11-10-20(31(28,29)26-14-4-5-15-26)16-21(22)23(27)24-17-18-6-8-19(9-7-18)25-12-2-3-13-25/h6-11,16H,2-5,12-15,17H2,1H3,(H,24,27). The number of amides is 1. The second kappa shape index (κ2) is 9.28. The van der Waals surface area contributed by atoms with Crippen molar-refractivity contribution in [2.24, 2.45) is 0 Å². The summed E-state index contributed by atoms with van der Waals surface area (Å²) in [4.78, 5) is 15.3. The van der Waals surface area contributed by atoms with Gasteiger partial charge in [-0.15, -0.1) is 0 Å². The summed E-state index contributed by atoms with van der Waals surface area (Å²) in [5.74, 6) is -0.0128. The molecule has 0 aromatic heterocycles. The van der Waals surface area contributed by atoms with Gasteiger partial charge in [0.05, 0.1) is 17.6 Å². The van der Waals surface area contributed by atoms with Gasteiger partial charge in [-0.1, -0.05) is 12.1 Å². The quantitative estimate of drug-likeness (QED) is 0.712. The number of ether oxygens (including phenoxy) is 1. The maximum Gasteiger partial charge on any atom is 0.255 e. The first-order valence-corrected chi connectivity index (χ1v) is 12.2. The molecule has 0 aliphatic carbocycles. The molecule has 2 aliphatic rings. The molecule has 2 aliphatic heterocycles. The van der Waals surface area contributed by atoms with Gasteiger partial charge >= 0.3 is 0 Å². The number of nitrogens with one attached hydrogen (secondary N) is 1. The van der Waals surface area contributed by atoms with E-state index in [9.17, 15) is 13.2 Å². The molecule has 4 rings (SSSR count). The Morgan fingerprint density at radius 1 is 0.968 bits per heavy atom. The number of sulfonamides is 1. The number of carbonyl (C=O) groups excluding carboxylic acids is 1. The lowest BCUT2D eigenvalue weighted by atomic mass is 10.1. The molecule has 8 heteroatoms. The van der Waals surface area contributed by atoms with Crippen LogP contribution in [0.1, 0.15) is 41.6 Å². The minimum absolute atomic E-state index is 0.121. The van der Waals surface area contributed by atoms with Gasteiger partial charge in [0, 0.05) is 38.4 Å². The van der Waals surface area contributed by atoms with Crippen molar-refractivity contribution in [1.82, 2.24) is 9.62 Å². The molecule has 0 bridgehead atoms. The number of rotatable bonds is 7. The molecule has 166 valence electrons. The Hall–Kier alpha value is -2.58. The lowest BCUT2D eigenvalue weighted by Crippen LogP contribution is -2.28. The fraction of sp³-hybridized carbons (Fsp3) is 0.435. The molecule has 0 atom stereocenters. The van der Waals surface area contributed by atoms with Gasteiger partial charge in [0.15, 0.2) is 0 Å². The summed E-state index contributed by atoms with van der Waals surface area (Å²) in [6.45, 7) is 3.57. The molecule has 2 fully saturated rings. The second-order valence-corrected chi connectivity index (χ2v) is 9.95. The van der Waals surface area contributed by atoms with Crippen molar-refractivity contribution in [3.05, 3.63) is 53.6 Å². The van der Waals surface area contributed by atoms with Crippen LogP contribution in [0.25, 0.3) is 0 Å². The average molecular weight is 444 g/mol. The Labute approximate surface area is 184 Å². The Balaban J connectivity index is 1.47. The van der Waals surface area contributed by atoms with Crippen molar-refractivity contribution in [2.75, 3.05) is 38.2 Å². The van der Waals surface area contributed by atoms with Crippen molar-refractivity contribution < 1.29 is 17.9 Å². The van der Waals surface area contributed by atoms with E-state index in [-0.39, 0.29) is 16.4 Å². The van der Waals surface area contributed by atoms with Crippen molar-refractivity contribution in [3.63, 3.8) is 0 Å². The Bertz CT molecular complexity index is 1030. The maximum atomic E-state index is 12.9. The predicted molar refractivity (Wildman–Crippen MR) is 120 cm³/mol. The van der Waals surface area contributed by atoms with Gasteiger partial charge in [-0.3, -0.25) is 4.79 Å². The number of hydrogen-bond acceptors (Lipinski definition) is 5. The number of nitrogens with zero attached hydrogens (tertiary/aromatic N) is 2. The summed E-state index contributed by atoms with van der Waals surface area (Å²) < 4.78 is 32.5. The Kier molecular flexibility index (Phi) is 6.48. The highest BCUT2D eigenvalue weighted by atomic mass is 32.2. The molecule has 0 unspecified atom stereocenters. The van der Waals surface area contributed by atoms with Crippen LogP contribution in [0.4, 0.5) is 5.69 Å². The number of methoxy groups -OCH3 is 1. The number of anilines is 1. The van der Waals surface area contributed by atoms with Gasteiger partial charge < -0.3 is 15.0 Å². The smallest absolute Gasteiger partial charge is 0.255 e. The molecule has 0 spiro atoms. The highest BCUT2D eigenvalue weighted by Crippen LogP contribution is 2.27. The molecule has 1 N–H and O–H groups in total. The van der Waals surface area contributed by atoms with E-state index in [1.165, 1.54) is 42.1 Å². The topological polar surface area (TPSA) is 79.0 Å². The third-order valence-electron chi connectivity index (χ3n) is 5.98. The molecular formula is C23H29N3O4S. The monoisotopic (exact) mass is 443 g/mol. The number of carbonyl (C=O) groups is 1. The molecule has 2 aromatic rings. The van der Waals surface area contributed by atoms with Crippen molar-refractivity contribution in [1.29, 1.82) is 0 Å². The van der Waals surface area contributed by atoms with Crippen molar-refractivity contribution >= 4 is 21.6 Å². The second-order valence-electron chi connectivity index (χ2n) is 8.02. The zero-order valence-corrected chi connectivity index (χ0v) is 18.7. The van der Waals surface area contributed by atoms with E-state index in [1.54, 1.807) is 6.07 Å². The first kappa shape index (κ1) is 21.6. The first-order chi connectivity index (χ1) is 15.0. The lowest BCUT2D eigenvalue weighted by molar-refractivity contribution is 0.0947. The Morgan fingerprint density at radius 3 is 2.26 bits per heavy atom. The largest absolute Gasteiger partial charge is 0.496 e. The molecule has 31 heavy (non-hydrogen) atoms. The maximum absolute atomic E-state index is 12.9. The third kappa shape index (κ3) is 4.70. The van der Waals surface area contributed by atoms with Crippen molar-refractivity contribution in [2.45, 2.75) is 37.1 Å². The van der Waals surface area contributed by atoms with Crippen LogP contribution in [0.2, 0.25) is 0 Å². The summed E-state index contributed by atoms with van der Waals surface area (Å²) >= 11 is 0. The van der Waals surface area contributed by atoms with E-state index >= 15 is 0 Å². The molecule has 0 saturated carbocycles. The van der Waals surface area contributed by atoms with Crippen LogP contribution < -0.4 is 15.0 Å². The van der Waals surface area contributed by atoms with E-state index in [0.717, 1.165) is 31.5 Å². The van der Waals surface area contributed by atoms with Crippen LogP contribution in [0, 0.1) is 0 Å². The zero-order chi connectivity index (χ0) is 21.8. The fourth-order valence-corrected chi connectivity index (χ4v) is 5.72. The molecular weight excluding hydrogens is 414 g/mol. The van der Waals surface area contributed by atoms with Gasteiger partial charge in [0.25, 0.3) is 5.91 Å². The zero-order valence-electron chi connectivity index (χ0n) is 17.8. The molecule has 0 radical (unpaired) electrons. The molecule has 1 amide bonds. The summed E-state index contributed by atoms with van der Waals surface area (Å²) in [6.07, 6.45) is 4.18. The van der Waals surface area contributed by atoms with Gasteiger partial charge in [-0.2, -0.15) is 4.31 Å². The predicted octanol–water partition coefficient (Wildman–Crippen LogP) is 3.01. The summed E-state index contributed by atoms with van der Waals surface area (Å²) in [5.41, 5.74) is 2.40.